The van der Waals surface area contributed by atoms with Crippen LogP contribution in [-0.2, 0) is 6.54 Å². The molecule has 2 rings (SSSR count). The minimum absolute atomic E-state index is 0.201. The molecule has 0 aromatic heterocycles. The van der Waals surface area contributed by atoms with E-state index >= 15 is 0 Å². The number of halogens is 1. The number of benzene rings is 1. The highest BCUT2D eigenvalue weighted by Crippen LogP contribution is 2.27. The number of aliphatic hydroxyl groups excluding tert-OH is 1. The third-order valence-corrected chi connectivity index (χ3v) is 3.97. The quantitative estimate of drug-likeness (QED) is 0.786. The van der Waals surface area contributed by atoms with Crippen LogP contribution in [-0.4, -0.2) is 35.7 Å². The van der Waals surface area contributed by atoms with Crippen molar-refractivity contribution < 1.29 is 9.50 Å². The molecule has 0 heterocycles. The molecule has 1 fully saturated rings. The molecule has 0 amide bonds. The van der Waals surface area contributed by atoms with E-state index in [4.69, 9.17) is 10.8 Å². The molecule has 1 saturated carbocycles. The summed E-state index contributed by atoms with van der Waals surface area (Å²) in [5.74, 6) is 5.48. The van der Waals surface area contributed by atoms with E-state index in [1.807, 2.05) is 0 Å². The largest absolute Gasteiger partial charge is 0.396 e. The molecule has 0 radical (unpaired) electrons. The minimum Gasteiger partial charge on any atom is -0.396 e. The Morgan fingerprint density at radius 1 is 1.38 bits per heavy atom. The smallest absolute Gasteiger partial charge is 0.124 e. The van der Waals surface area contributed by atoms with Crippen molar-refractivity contribution in [3.05, 3.63) is 35.1 Å². The molecule has 1 aromatic rings. The molecule has 0 unspecified atom stereocenters. The van der Waals surface area contributed by atoms with Crippen LogP contribution in [0.4, 0.5) is 4.39 Å². The molecule has 114 valence electrons. The van der Waals surface area contributed by atoms with Gasteiger partial charge in [-0.15, -0.1) is 0 Å². The van der Waals surface area contributed by atoms with Gasteiger partial charge in [-0.05, 0) is 37.0 Å². The summed E-state index contributed by atoms with van der Waals surface area (Å²) in [6.45, 7) is 2.08. The zero-order valence-electron chi connectivity index (χ0n) is 12.3. The summed E-state index contributed by atoms with van der Waals surface area (Å²) in [6.07, 6.45) is 4.44. The first kappa shape index (κ1) is 16.0. The monoisotopic (exact) mass is 290 g/mol. The van der Waals surface area contributed by atoms with Gasteiger partial charge < -0.3 is 10.8 Å². The van der Waals surface area contributed by atoms with Gasteiger partial charge in [-0.25, -0.2) is 4.39 Å². The van der Waals surface area contributed by atoms with E-state index in [1.165, 1.54) is 31.4 Å². The van der Waals surface area contributed by atoms with E-state index < -0.39 is 0 Å². The Balaban J connectivity index is 2.14. The molecule has 1 aliphatic carbocycles. The molecule has 0 bridgehead atoms. The molecular formula is C17H23FN2O. The maximum Gasteiger partial charge on any atom is 0.124 e. The standard InChI is InChI=1S/C17H23FN2O/c18-16-8-7-15(14(12-16)4-2-9-19)13-20(10-3-11-21)17-5-1-6-17/h7-8,12,17,21H,1,3,5-6,9-11,13,19H2. The van der Waals surface area contributed by atoms with E-state index in [9.17, 15) is 4.39 Å². The van der Waals surface area contributed by atoms with Gasteiger partial charge in [0.2, 0.25) is 0 Å². The maximum absolute atomic E-state index is 13.4. The van der Waals surface area contributed by atoms with E-state index in [2.05, 4.69) is 16.7 Å². The topological polar surface area (TPSA) is 49.5 Å². The predicted octanol–water partition coefficient (Wildman–Crippen LogP) is 1.87. The van der Waals surface area contributed by atoms with Crippen LogP contribution in [0, 0.1) is 17.7 Å². The van der Waals surface area contributed by atoms with Gasteiger partial charge in [0, 0.05) is 31.3 Å². The van der Waals surface area contributed by atoms with E-state index in [1.54, 1.807) is 6.07 Å². The third-order valence-electron chi connectivity index (χ3n) is 3.97. The zero-order valence-corrected chi connectivity index (χ0v) is 12.3. The van der Waals surface area contributed by atoms with Crippen LogP contribution in [0.5, 0.6) is 0 Å². The SMILES string of the molecule is NCC#Cc1cc(F)ccc1CN(CCCO)C1CCC1. The summed E-state index contributed by atoms with van der Waals surface area (Å²) in [6, 6.07) is 5.34. The fourth-order valence-electron chi connectivity index (χ4n) is 2.58. The van der Waals surface area contributed by atoms with Crippen molar-refractivity contribution in [3.63, 3.8) is 0 Å². The van der Waals surface area contributed by atoms with Crippen molar-refractivity contribution >= 4 is 0 Å². The van der Waals surface area contributed by atoms with Crippen LogP contribution >= 0.6 is 0 Å². The van der Waals surface area contributed by atoms with Crippen molar-refractivity contribution in [2.45, 2.75) is 38.3 Å². The van der Waals surface area contributed by atoms with Gasteiger partial charge in [0.1, 0.15) is 5.82 Å². The average molecular weight is 290 g/mol. The van der Waals surface area contributed by atoms with Crippen molar-refractivity contribution in [3.8, 4) is 11.8 Å². The molecule has 0 atom stereocenters. The van der Waals surface area contributed by atoms with Gasteiger partial charge in [0.05, 0.1) is 6.54 Å². The first-order chi connectivity index (χ1) is 10.2. The van der Waals surface area contributed by atoms with Gasteiger partial charge in [-0.1, -0.05) is 24.3 Å². The van der Waals surface area contributed by atoms with Crippen LogP contribution in [0.3, 0.4) is 0 Å². The normalized spacial score (nSPS) is 14.7. The van der Waals surface area contributed by atoms with Gasteiger partial charge in [0.25, 0.3) is 0 Å². The molecule has 0 spiro atoms. The number of nitrogens with zero attached hydrogens (tertiary/aromatic N) is 1. The Morgan fingerprint density at radius 2 is 2.19 bits per heavy atom. The lowest BCUT2D eigenvalue weighted by atomic mass is 9.90. The first-order valence-electron chi connectivity index (χ1n) is 7.57. The van der Waals surface area contributed by atoms with Crippen molar-refractivity contribution in [2.75, 3.05) is 19.7 Å². The molecule has 4 heteroatoms. The summed E-state index contributed by atoms with van der Waals surface area (Å²) in [4.78, 5) is 2.38. The summed E-state index contributed by atoms with van der Waals surface area (Å²) in [5, 5.41) is 9.05. The Kier molecular flexibility index (Phi) is 6.19. The van der Waals surface area contributed by atoms with Crippen LogP contribution in [0.2, 0.25) is 0 Å². The lowest BCUT2D eigenvalue weighted by Gasteiger charge is -2.37. The highest BCUT2D eigenvalue weighted by Gasteiger charge is 2.25. The predicted molar refractivity (Wildman–Crippen MR) is 82.1 cm³/mol. The second-order valence-corrected chi connectivity index (χ2v) is 5.44. The van der Waals surface area contributed by atoms with Crippen molar-refractivity contribution in [2.24, 2.45) is 5.73 Å². The maximum atomic E-state index is 13.4. The fourth-order valence-corrected chi connectivity index (χ4v) is 2.58. The third kappa shape index (κ3) is 4.53. The Morgan fingerprint density at radius 3 is 2.81 bits per heavy atom. The summed E-state index contributed by atoms with van der Waals surface area (Å²) in [5.41, 5.74) is 7.15. The van der Waals surface area contributed by atoms with E-state index in [-0.39, 0.29) is 19.0 Å². The van der Waals surface area contributed by atoms with Gasteiger partial charge in [0.15, 0.2) is 0 Å². The van der Waals surface area contributed by atoms with Crippen molar-refractivity contribution in [1.82, 2.24) is 4.90 Å². The number of hydrogen-bond acceptors (Lipinski definition) is 3. The first-order valence-corrected chi connectivity index (χ1v) is 7.57. The lowest BCUT2D eigenvalue weighted by molar-refractivity contribution is 0.109. The molecule has 21 heavy (non-hydrogen) atoms. The number of nitrogens with two attached hydrogens (primary N) is 1. The summed E-state index contributed by atoms with van der Waals surface area (Å²) in [7, 11) is 0. The molecule has 1 aliphatic rings. The average Bonchev–Trinajstić information content (AvgIpc) is 2.42. The zero-order chi connectivity index (χ0) is 15.1. The van der Waals surface area contributed by atoms with E-state index in [0.29, 0.717) is 11.6 Å². The highest BCUT2D eigenvalue weighted by molar-refractivity contribution is 5.42. The van der Waals surface area contributed by atoms with Gasteiger partial charge in [-0.2, -0.15) is 0 Å². The van der Waals surface area contributed by atoms with E-state index in [0.717, 1.165) is 25.1 Å². The second kappa shape index (κ2) is 8.14. The van der Waals surface area contributed by atoms with Crippen LogP contribution in [0.15, 0.2) is 18.2 Å². The van der Waals surface area contributed by atoms with Crippen molar-refractivity contribution in [1.29, 1.82) is 0 Å². The second-order valence-electron chi connectivity index (χ2n) is 5.44. The summed E-state index contributed by atoms with van der Waals surface area (Å²) < 4.78 is 13.4. The van der Waals surface area contributed by atoms with Crippen LogP contribution in [0.1, 0.15) is 36.8 Å². The fraction of sp³-hybridized carbons (Fsp3) is 0.529. The Bertz CT molecular complexity index is 517. The van der Waals surface area contributed by atoms with Crippen LogP contribution < -0.4 is 5.73 Å². The highest BCUT2D eigenvalue weighted by atomic mass is 19.1. The van der Waals surface area contributed by atoms with Crippen LogP contribution in [0.25, 0.3) is 0 Å². The number of rotatable bonds is 6. The van der Waals surface area contributed by atoms with Gasteiger partial charge in [-0.3, -0.25) is 4.90 Å². The lowest BCUT2D eigenvalue weighted by Crippen LogP contribution is -2.40. The van der Waals surface area contributed by atoms with Gasteiger partial charge >= 0.3 is 0 Å². The molecule has 0 saturated heterocycles. The Labute approximate surface area is 125 Å². The molecular weight excluding hydrogens is 267 g/mol. The molecule has 1 aromatic carbocycles. The molecule has 0 aliphatic heterocycles. The minimum atomic E-state index is -0.273. The number of aliphatic hydroxyl groups is 1. The number of hydrogen-bond donors (Lipinski definition) is 2. The molecule has 3 N–H and O–H groups in total. The Hall–Kier alpha value is -1.41. The summed E-state index contributed by atoms with van der Waals surface area (Å²) >= 11 is 0. The molecule has 3 nitrogen and oxygen atoms in total.